The van der Waals surface area contributed by atoms with Crippen LogP contribution in [-0.4, -0.2) is 24.6 Å². The van der Waals surface area contributed by atoms with E-state index in [2.05, 4.69) is 10.3 Å². The summed E-state index contributed by atoms with van der Waals surface area (Å²) < 4.78 is 19.5. The first-order valence-electron chi connectivity index (χ1n) is 10.2. The molecule has 7 nitrogen and oxygen atoms in total. The Balaban J connectivity index is 1.40. The smallest absolute Gasteiger partial charge is 0.329 e. The highest BCUT2D eigenvalue weighted by atomic mass is 19.1. The standard InChI is InChI=1S/C23H24FN5O2/c1-3-27-20-6-4-5-7-21(20)29(23(27)31)12-10-22(30)26-15-17-8-9-19(18(24)14-17)28-13-11-25-16(28)2/h4-9,11,13-14H,3,10,12,15H2,1-2H3,(H,26,30). The number of hydrogen-bond acceptors (Lipinski definition) is 3. The number of aryl methyl sites for hydroxylation is 3. The SMILES string of the molecule is CCn1c(=O)n(CCC(=O)NCc2ccc(-n3ccnc3C)c(F)c2)c2ccccc21. The van der Waals surface area contributed by atoms with Crippen LogP contribution in [-0.2, 0) is 24.4 Å². The number of hydrogen-bond donors (Lipinski definition) is 1. The van der Waals surface area contributed by atoms with Crippen LogP contribution in [0.3, 0.4) is 0 Å². The van der Waals surface area contributed by atoms with Crippen molar-refractivity contribution >= 4 is 16.9 Å². The molecule has 0 aliphatic rings. The van der Waals surface area contributed by atoms with Crippen molar-refractivity contribution < 1.29 is 9.18 Å². The van der Waals surface area contributed by atoms with E-state index < -0.39 is 0 Å². The number of halogens is 1. The van der Waals surface area contributed by atoms with Gasteiger partial charge in [-0.05, 0) is 43.7 Å². The van der Waals surface area contributed by atoms with Crippen molar-refractivity contribution in [2.24, 2.45) is 0 Å². The van der Waals surface area contributed by atoms with Crippen molar-refractivity contribution in [1.82, 2.24) is 24.0 Å². The molecule has 2 aromatic carbocycles. The molecule has 0 unspecified atom stereocenters. The number of aromatic nitrogens is 4. The molecular formula is C23H24FN5O2. The fourth-order valence-electron chi connectivity index (χ4n) is 3.78. The highest BCUT2D eigenvalue weighted by molar-refractivity contribution is 5.78. The number of rotatable bonds is 7. The zero-order valence-corrected chi connectivity index (χ0v) is 17.5. The largest absolute Gasteiger partial charge is 0.352 e. The lowest BCUT2D eigenvalue weighted by Gasteiger charge is -2.10. The van der Waals surface area contributed by atoms with Gasteiger partial charge in [0, 0.05) is 38.4 Å². The highest BCUT2D eigenvalue weighted by Gasteiger charge is 2.13. The number of nitrogens with one attached hydrogen (secondary N) is 1. The minimum atomic E-state index is -0.383. The fourth-order valence-corrected chi connectivity index (χ4v) is 3.78. The molecule has 1 amide bonds. The summed E-state index contributed by atoms with van der Waals surface area (Å²) >= 11 is 0. The van der Waals surface area contributed by atoms with E-state index in [1.807, 2.05) is 31.2 Å². The lowest BCUT2D eigenvalue weighted by Crippen LogP contribution is -2.28. The number of amides is 1. The van der Waals surface area contributed by atoms with Crippen molar-refractivity contribution in [3.63, 3.8) is 0 Å². The molecule has 31 heavy (non-hydrogen) atoms. The normalized spacial score (nSPS) is 11.2. The summed E-state index contributed by atoms with van der Waals surface area (Å²) in [7, 11) is 0. The Morgan fingerprint density at radius 3 is 2.52 bits per heavy atom. The second kappa shape index (κ2) is 8.59. The Morgan fingerprint density at radius 2 is 1.87 bits per heavy atom. The van der Waals surface area contributed by atoms with Crippen LogP contribution in [0.25, 0.3) is 16.7 Å². The van der Waals surface area contributed by atoms with Crippen LogP contribution < -0.4 is 11.0 Å². The summed E-state index contributed by atoms with van der Waals surface area (Å²) in [5.74, 6) is 0.113. The third kappa shape index (κ3) is 4.01. The molecule has 0 aliphatic carbocycles. The lowest BCUT2D eigenvalue weighted by atomic mass is 10.2. The third-order valence-corrected chi connectivity index (χ3v) is 5.39. The van der Waals surface area contributed by atoms with Gasteiger partial charge in [0.05, 0.1) is 16.7 Å². The molecule has 0 saturated heterocycles. The predicted molar refractivity (Wildman–Crippen MR) is 117 cm³/mol. The minimum Gasteiger partial charge on any atom is -0.352 e. The average molecular weight is 421 g/mol. The number of carbonyl (C=O) groups excluding carboxylic acids is 1. The predicted octanol–water partition coefficient (Wildman–Crippen LogP) is 3.16. The van der Waals surface area contributed by atoms with E-state index in [4.69, 9.17) is 0 Å². The van der Waals surface area contributed by atoms with Gasteiger partial charge in [0.1, 0.15) is 11.6 Å². The van der Waals surface area contributed by atoms with Gasteiger partial charge in [-0.25, -0.2) is 14.2 Å². The summed E-state index contributed by atoms with van der Waals surface area (Å²) in [6, 6.07) is 12.4. The zero-order valence-electron chi connectivity index (χ0n) is 17.5. The molecule has 2 heterocycles. The van der Waals surface area contributed by atoms with Crippen LogP contribution in [0.2, 0.25) is 0 Å². The molecule has 0 aliphatic heterocycles. The number of benzene rings is 2. The summed E-state index contributed by atoms with van der Waals surface area (Å²) in [5.41, 5.74) is 2.63. The molecule has 0 radical (unpaired) electrons. The van der Waals surface area contributed by atoms with Crippen molar-refractivity contribution in [2.45, 2.75) is 39.9 Å². The van der Waals surface area contributed by atoms with E-state index in [-0.39, 0.29) is 36.9 Å². The van der Waals surface area contributed by atoms with Gasteiger partial charge in [0.2, 0.25) is 5.91 Å². The van der Waals surface area contributed by atoms with E-state index >= 15 is 0 Å². The average Bonchev–Trinajstić information content (AvgIpc) is 3.30. The second-order valence-corrected chi connectivity index (χ2v) is 7.32. The number of fused-ring (bicyclic) bond motifs is 1. The maximum absolute atomic E-state index is 14.5. The molecule has 4 aromatic rings. The van der Waals surface area contributed by atoms with Crippen molar-refractivity contribution in [1.29, 1.82) is 0 Å². The summed E-state index contributed by atoms with van der Waals surface area (Å²) in [6.45, 7) is 4.79. The number of nitrogens with zero attached hydrogens (tertiary/aromatic N) is 4. The van der Waals surface area contributed by atoms with Crippen LogP contribution in [0.5, 0.6) is 0 Å². The van der Waals surface area contributed by atoms with Gasteiger partial charge >= 0.3 is 5.69 Å². The van der Waals surface area contributed by atoms with E-state index in [9.17, 15) is 14.0 Å². The molecule has 4 rings (SSSR count). The Morgan fingerprint density at radius 1 is 1.13 bits per heavy atom. The number of imidazole rings is 2. The van der Waals surface area contributed by atoms with Crippen LogP contribution in [0.1, 0.15) is 24.7 Å². The summed E-state index contributed by atoms with van der Waals surface area (Å²) in [5, 5.41) is 2.80. The van der Waals surface area contributed by atoms with Gasteiger partial charge in [0.25, 0.3) is 0 Å². The molecule has 0 saturated carbocycles. The Hall–Kier alpha value is -3.68. The van der Waals surface area contributed by atoms with Gasteiger partial charge in [-0.3, -0.25) is 13.9 Å². The molecular weight excluding hydrogens is 397 g/mol. The zero-order chi connectivity index (χ0) is 22.0. The maximum atomic E-state index is 14.5. The van der Waals surface area contributed by atoms with Crippen molar-refractivity contribution in [3.05, 3.63) is 82.5 Å². The first-order valence-corrected chi connectivity index (χ1v) is 10.2. The summed E-state index contributed by atoms with van der Waals surface area (Å²) in [4.78, 5) is 29.1. The molecule has 0 atom stereocenters. The Kier molecular flexibility index (Phi) is 5.70. The van der Waals surface area contributed by atoms with E-state index in [0.717, 1.165) is 11.0 Å². The van der Waals surface area contributed by atoms with Gasteiger partial charge in [0.15, 0.2) is 0 Å². The van der Waals surface area contributed by atoms with Crippen LogP contribution in [0.15, 0.2) is 59.7 Å². The topological polar surface area (TPSA) is 73.8 Å². The Bertz CT molecular complexity index is 1300. The number of para-hydroxylation sites is 2. The van der Waals surface area contributed by atoms with Crippen LogP contribution >= 0.6 is 0 Å². The Labute approximate surface area is 178 Å². The molecule has 8 heteroatoms. The van der Waals surface area contributed by atoms with Gasteiger partial charge < -0.3 is 9.88 Å². The van der Waals surface area contributed by atoms with Gasteiger partial charge in [-0.15, -0.1) is 0 Å². The number of carbonyl (C=O) groups is 1. The molecule has 0 spiro atoms. The first kappa shape index (κ1) is 20.6. The summed E-state index contributed by atoms with van der Waals surface area (Å²) in [6.07, 6.45) is 3.48. The maximum Gasteiger partial charge on any atom is 0.329 e. The van der Waals surface area contributed by atoms with Crippen molar-refractivity contribution in [2.75, 3.05) is 0 Å². The quantitative estimate of drug-likeness (QED) is 0.498. The molecule has 2 aromatic heterocycles. The first-order chi connectivity index (χ1) is 15.0. The molecule has 160 valence electrons. The van der Waals surface area contributed by atoms with Gasteiger partial charge in [-0.1, -0.05) is 18.2 Å². The van der Waals surface area contributed by atoms with Crippen molar-refractivity contribution in [3.8, 4) is 5.69 Å². The van der Waals surface area contributed by atoms with Gasteiger partial charge in [-0.2, -0.15) is 0 Å². The third-order valence-electron chi connectivity index (χ3n) is 5.39. The molecule has 0 bridgehead atoms. The van der Waals surface area contributed by atoms with Crippen LogP contribution in [0.4, 0.5) is 4.39 Å². The van der Waals surface area contributed by atoms with E-state index in [1.165, 1.54) is 6.07 Å². The minimum absolute atomic E-state index is 0.121. The highest BCUT2D eigenvalue weighted by Crippen LogP contribution is 2.17. The van der Waals surface area contributed by atoms with E-state index in [0.29, 0.717) is 23.6 Å². The monoisotopic (exact) mass is 421 g/mol. The second-order valence-electron chi connectivity index (χ2n) is 7.32. The molecule has 0 fully saturated rings. The fraction of sp³-hybridized carbons (Fsp3) is 0.261. The molecule has 1 N–H and O–H groups in total. The van der Waals surface area contributed by atoms with Crippen LogP contribution in [0, 0.1) is 12.7 Å². The lowest BCUT2D eigenvalue weighted by molar-refractivity contribution is -0.121. The van der Waals surface area contributed by atoms with E-state index in [1.54, 1.807) is 45.2 Å².